The molecule has 2 rings (SSSR count). The van der Waals surface area contributed by atoms with Crippen molar-refractivity contribution in [1.82, 2.24) is 5.32 Å². The van der Waals surface area contributed by atoms with Gasteiger partial charge in [0.05, 0.1) is 12.5 Å². The van der Waals surface area contributed by atoms with Crippen LogP contribution in [-0.2, 0) is 16.0 Å². The Balaban J connectivity index is 1.70. The molecule has 1 heterocycles. The third-order valence-electron chi connectivity index (χ3n) is 3.67. The Hall–Kier alpha value is -1.46. The molecule has 0 spiro atoms. The lowest BCUT2D eigenvalue weighted by molar-refractivity contribution is -0.120. The summed E-state index contributed by atoms with van der Waals surface area (Å²) in [6.45, 7) is 1.53. The van der Waals surface area contributed by atoms with E-state index in [1.807, 2.05) is 24.3 Å². The Labute approximate surface area is 131 Å². The molecule has 1 aliphatic rings. The van der Waals surface area contributed by atoms with Crippen molar-refractivity contribution < 1.29 is 9.53 Å². The first-order valence-electron chi connectivity index (χ1n) is 7.42. The molecule has 1 fully saturated rings. The molecule has 0 aromatic heterocycles. The van der Waals surface area contributed by atoms with Gasteiger partial charge in [-0.2, -0.15) is 0 Å². The lowest BCUT2D eigenvalue weighted by Gasteiger charge is -2.22. The molecule has 1 unspecified atom stereocenters. The number of carbonyl (C=O) groups is 1. The largest absolute Gasteiger partial charge is 0.389 e. The highest BCUT2D eigenvalue weighted by atomic mass is 32.1. The lowest BCUT2D eigenvalue weighted by atomic mass is 10.1. The van der Waals surface area contributed by atoms with Gasteiger partial charge in [-0.1, -0.05) is 36.5 Å². The number of rotatable bonds is 6. The van der Waals surface area contributed by atoms with Gasteiger partial charge in [0.25, 0.3) is 0 Å². The molecule has 1 aromatic rings. The topological polar surface area (TPSA) is 64.4 Å². The van der Waals surface area contributed by atoms with E-state index in [0.717, 1.165) is 37.0 Å². The Morgan fingerprint density at radius 3 is 2.71 bits per heavy atom. The SMILES string of the molecule is NC(=S)c1ccc(CC(=O)NCCC2CCCCO2)cc1. The predicted octanol–water partition coefficient (Wildman–Crippen LogP) is 1.94. The summed E-state index contributed by atoms with van der Waals surface area (Å²) in [4.78, 5) is 12.2. The summed E-state index contributed by atoms with van der Waals surface area (Å²) in [5.74, 6) is 0.0360. The van der Waals surface area contributed by atoms with Gasteiger partial charge in [-0.3, -0.25) is 4.79 Å². The second-order valence-corrected chi connectivity index (χ2v) is 5.80. The minimum absolute atomic E-state index is 0.0360. The van der Waals surface area contributed by atoms with E-state index in [1.165, 1.54) is 6.42 Å². The van der Waals surface area contributed by atoms with E-state index in [1.54, 1.807) is 0 Å². The average Bonchev–Trinajstić information content (AvgIpc) is 2.49. The van der Waals surface area contributed by atoms with Crippen molar-refractivity contribution in [2.24, 2.45) is 5.73 Å². The van der Waals surface area contributed by atoms with Gasteiger partial charge in [0.2, 0.25) is 5.91 Å². The van der Waals surface area contributed by atoms with Crippen LogP contribution in [0.4, 0.5) is 0 Å². The monoisotopic (exact) mass is 306 g/mol. The molecule has 3 N–H and O–H groups in total. The van der Waals surface area contributed by atoms with Gasteiger partial charge in [0.15, 0.2) is 0 Å². The molecule has 0 bridgehead atoms. The molecule has 21 heavy (non-hydrogen) atoms. The van der Waals surface area contributed by atoms with Crippen LogP contribution in [0.5, 0.6) is 0 Å². The summed E-state index contributed by atoms with van der Waals surface area (Å²) in [5.41, 5.74) is 7.32. The highest BCUT2D eigenvalue weighted by Crippen LogP contribution is 2.14. The number of nitrogens with one attached hydrogen (secondary N) is 1. The smallest absolute Gasteiger partial charge is 0.224 e. The van der Waals surface area contributed by atoms with Crippen LogP contribution in [0.2, 0.25) is 0 Å². The Morgan fingerprint density at radius 2 is 2.10 bits per heavy atom. The standard InChI is InChI=1S/C16H22N2O2S/c17-16(21)13-6-4-12(5-7-13)11-15(19)18-9-8-14-3-1-2-10-20-14/h4-7,14H,1-3,8-11H2,(H2,17,21)(H,18,19). The zero-order valence-electron chi connectivity index (χ0n) is 12.1. The molecule has 1 atom stereocenters. The highest BCUT2D eigenvalue weighted by molar-refractivity contribution is 7.80. The normalized spacial score (nSPS) is 18.2. The molecule has 1 saturated heterocycles. The average molecular weight is 306 g/mol. The van der Waals surface area contributed by atoms with Crippen LogP contribution >= 0.6 is 12.2 Å². The Bertz CT molecular complexity index is 482. The first-order valence-corrected chi connectivity index (χ1v) is 7.83. The summed E-state index contributed by atoms with van der Waals surface area (Å²) in [7, 11) is 0. The van der Waals surface area contributed by atoms with Crippen LogP contribution in [0.25, 0.3) is 0 Å². The minimum Gasteiger partial charge on any atom is -0.389 e. The van der Waals surface area contributed by atoms with Crippen LogP contribution in [0, 0.1) is 0 Å². The highest BCUT2D eigenvalue weighted by Gasteiger charge is 2.13. The molecule has 1 amide bonds. The zero-order chi connectivity index (χ0) is 15.1. The van der Waals surface area contributed by atoms with Gasteiger partial charge in [-0.05, 0) is 31.2 Å². The number of benzene rings is 1. The van der Waals surface area contributed by atoms with E-state index < -0.39 is 0 Å². The van der Waals surface area contributed by atoms with Crippen molar-refractivity contribution >= 4 is 23.1 Å². The van der Waals surface area contributed by atoms with Crippen molar-refractivity contribution in [2.75, 3.05) is 13.2 Å². The maximum absolute atomic E-state index is 11.9. The minimum atomic E-state index is 0.0360. The number of hydrogen-bond donors (Lipinski definition) is 2. The second-order valence-electron chi connectivity index (χ2n) is 5.37. The molecule has 114 valence electrons. The van der Waals surface area contributed by atoms with Crippen LogP contribution in [0.3, 0.4) is 0 Å². The van der Waals surface area contributed by atoms with E-state index >= 15 is 0 Å². The fourth-order valence-electron chi connectivity index (χ4n) is 2.44. The van der Waals surface area contributed by atoms with Crippen LogP contribution in [-0.4, -0.2) is 30.2 Å². The third-order valence-corrected chi connectivity index (χ3v) is 3.90. The first kappa shape index (κ1) is 15.9. The van der Waals surface area contributed by atoms with Gasteiger partial charge in [-0.15, -0.1) is 0 Å². The van der Waals surface area contributed by atoms with E-state index in [0.29, 0.717) is 24.1 Å². The number of amides is 1. The predicted molar refractivity (Wildman–Crippen MR) is 87.3 cm³/mol. The fourth-order valence-corrected chi connectivity index (χ4v) is 2.58. The lowest BCUT2D eigenvalue weighted by Crippen LogP contribution is -2.30. The van der Waals surface area contributed by atoms with E-state index in [2.05, 4.69) is 5.32 Å². The molecule has 5 heteroatoms. The van der Waals surface area contributed by atoms with Crippen molar-refractivity contribution in [1.29, 1.82) is 0 Å². The summed E-state index contributed by atoms with van der Waals surface area (Å²) in [5, 5.41) is 2.95. The molecule has 1 aromatic carbocycles. The number of thiocarbonyl (C=S) groups is 1. The van der Waals surface area contributed by atoms with Crippen LogP contribution < -0.4 is 11.1 Å². The van der Waals surface area contributed by atoms with Crippen molar-refractivity contribution in [3.63, 3.8) is 0 Å². The van der Waals surface area contributed by atoms with Gasteiger partial charge in [-0.25, -0.2) is 0 Å². The second kappa shape index (κ2) is 8.10. The first-order chi connectivity index (χ1) is 10.1. The maximum atomic E-state index is 11.9. The van der Waals surface area contributed by atoms with E-state index in [-0.39, 0.29) is 5.91 Å². The molecule has 4 nitrogen and oxygen atoms in total. The number of carbonyl (C=O) groups excluding carboxylic acids is 1. The fraction of sp³-hybridized carbons (Fsp3) is 0.500. The van der Waals surface area contributed by atoms with Crippen LogP contribution in [0.1, 0.15) is 36.8 Å². The third kappa shape index (κ3) is 5.44. The Morgan fingerprint density at radius 1 is 1.33 bits per heavy atom. The summed E-state index contributed by atoms with van der Waals surface area (Å²) >= 11 is 4.90. The molecule has 0 saturated carbocycles. The quantitative estimate of drug-likeness (QED) is 0.788. The van der Waals surface area contributed by atoms with E-state index in [9.17, 15) is 4.79 Å². The molecule has 0 radical (unpaired) electrons. The maximum Gasteiger partial charge on any atom is 0.224 e. The molecule has 1 aliphatic heterocycles. The Kier molecular flexibility index (Phi) is 6.14. The van der Waals surface area contributed by atoms with Gasteiger partial charge < -0.3 is 15.8 Å². The zero-order valence-corrected chi connectivity index (χ0v) is 13.0. The van der Waals surface area contributed by atoms with Crippen molar-refractivity contribution in [3.05, 3.63) is 35.4 Å². The van der Waals surface area contributed by atoms with Gasteiger partial charge in [0, 0.05) is 18.7 Å². The number of nitrogens with two attached hydrogens (primary N) is 1. The molecule has 0 aliphatic carbocycles. The summed E-state index contributed by atoms with van der Waals surface area (Å²) in [6, 6.07) is 7.47. The molecular weight excluding hydrogens is 284 g/mol. The summed E-state index contributed by atoms with van der Waals surface area (Å²) in [6.07, 6.45) is 5.08. The number of hydrogen-bond acceptors (Lipinski definition) is 3. The summed E-state index contributed by atoms with van der Waals surface area (Å²) < 4.78 is 5.64. The van der Waals surface area contributed by atoms with Crippen LogP contribution in [0.15, 0.2) is 24.3 Å². The van der Waals surface area contributed by atoms with Gasteiger partial charge >= 0.3 is 0 Å². The van der Waals surface area contributed by atoms with Crippen molar-refractivity contribution in [2.45, 2.75) is 38.2 Å². The van der Waals surface area contributed by atoms with E-state index in [4.69, 9.17) is 22.7 Å². The van der Waals surface area contributed by atoms with Gasteiger partial charge in [0.1, 0.15) is 4.99 Å². The number of ether oxygens (including phenoxy) is 1. The van der Waals surface area contributed by atoms with Crippen molar-refractivity contribution in [3.8, 4) is 0 Å². The molecular formula is C16H22N2O2S.